The minimum absolute atomic E-state index is 0.0146. The summed E-state index contributed by atoms with van der Waals surface area (Å²) in [7, 11) is 0. The lowest BCUT2D eigenvalue weighted by Crippen LogP contribution is -2.54. The van der Waals surface area contributed by atoms with Crippen molar-refractivity contribution in [1.82, 2.24) is 0 Å². The van der Waals surface area contributed by atoms with E-state index in [9.17, 15) is 9.59 Å². The first-order valence-corrected chi connectivity index (χ1v) is 10.0. The number of rotatable bonds is 1. The normalized spacial score (nSPS) is 50.6. The molecule has 7 atom stereocenters. The van der Waals surface area contributed by atoms with Crippen LogP contribution in [0.3, 0.4) is 0 Å². The van der Waals surface area contributed by atoms with E-state index in [1.54, 1.807) is 0 Å². The van der Waals surface area contributed by atoms with E-state index in [4.69, 9.17) is 4.74 Å². The zero-order valence-corrected chi connectivity index (χ0v) is 15.5. The zero-order valence-electron chi connectivity index (χ0n) is 15.5. The second kappa shape index (κ2) is 5.57. The summed E-state index contributed by atoms with van der Waals surface area (Å²) in [5.74, 6) is 3.26. The molecule has 3 heteroatoms. The van der Waals surface area contributed by atoms with E-state index in [1.807, 2.05) is 0 Å². The van der Waals surface area contributed by atoms with Gasteiger partial charge in [-0.3, -0.25) is 9.59 Å². The molecule has 4 rings (SSSR count). The van der Waals surface area contributed by atoms with Crippen molar-refractivity contribution < 1.29 is 14.3 Å². The number of hydrogen-bond acceptors (Lipinski definition) is 3. The number of fused-ring (bicyclic) bond motifs is 5. The highest BCUT2D eigenvalue weighted by atomic mass is 16.5. The van der Waals surface area contributed by atoms with Crippen molar-refractivity contribution in [2.75, 3.05) is 0 Å². The number of ether oxygens (including phenoxy) is 1. The van der Waals surface area contributed by atoms with Crippen LogP contribution in [0.4, 0.5) is 0 Å². The number of hydrogen-bond donors (Lipinski definition) is 0. The fraction of sp³-hybridized carbons (Fsp3) is 0.905. The van der Waals surface area contributed by atoms with Crippen LogP contribution in [0.2, 0.25) is 0 Å². The summed E-state index contributed by atoms with van der Waals surface area (Å²) in [5.41, 5.74) is 0.381. The van der Waals surface area contributed by atoms with E-state index in [-0.39, 0.29) is 17.5 Å². The van der Waals surface area contributed by atoms with Gasteiger partial charge in [-0.05, 0) is 80.5 Å². The van der Waals surface area contributed by atoms with Crippen LogP contribution in [0, 0.1) is 34.5 Å². The first-order valence-electron chi connectivity index (χ1n) is 10.0. The van der Waals surface area contributed by atoms with Gasteiger partial charge in [-0.25, -0.2) is 0 Å². The maximum Gasteiger partial charge on any atom is 0.302 e. The molecule has 0 aromatic carbocycles. The average Bonchev–Trinajstić information content (AvgIpc) is 2.83. The molecule has 0 saturated heterocycles. The monoisotopic (exact) mass is 332 g/mol. The molecule has 0 aromatic heterocycles. The molecule has 0 bridgehead atoms. The lowest BCUT2D eigenvalue weighted by molar-refractivity contribution is -0.160. The van der Waals surface area contributed by atoms with Gasteiger partial charge < -0.3 is 4.74 Å². The Kier molecular flexibility index (Phi) is 3.85. The minimum Gasteiger partial charge on any atom is -0.463 e. The van der Waals surface area contributed by atoms with Gasteiger partial charge in [-0.2, -0.15) is 0 Å². The summed E-state index contributed by atoms with van der Waals surface area (Å²) in [5, 5.41) is 0. The third-order valence-electron chi connectivity index (χ3n) is 8.66. The summed E-state index contributed by atoms with van der Waals surface area (Å²) >= 11 is 0. The summed E-state index contributed by atoms with van der Waals surface area (Å²) in [4.78, 5) is 23.8. The lowest BCUT2D eigenvalue weighted by Gasteiger charge is -2.60. The topological polar surface area (TPSA) is 43.4 Å². The number of Topliss-reactive ketones (excluding diaryl/α,β-unsaturated/α-hetero) is 1. The second-order valence-electron chi connectivity index (χ2n) is 9.58. The van der Waals surface area contributed by atoms with Crippen molar-refractivity contribution in [2.24, 2.45) is 34.5 Å². The standard InChI is InChI=1S/C21H32O3/c1-13(22)24-15-8-10-20(2)14(12-15)4-5-16-17-6-7-19(23)21(17,3)11-9-18(16)20/h14-18H,4-12H2,1-3H3/t14-,15-,16+,17+,18-,20-,21-/m0/s1. The highest BCUT2D eigenvalue weighted by molar-refractivity contribution is 5.87. The molecule has 4 fully saturated rings. The third kappa shape index (κ3) is 2.29. The van der Waals surface area contributed by atoms with Gasteiger partial charge in [0.1, 0.15) is 11.9 Å². The van der Waals surface area contributed by atoms with Gasteiger partial charge in [-0.1, -0.05) is 13.8 Å². The maximum atomic E-state index is 12.5. The molecule has 0 N–H and O–H groups in total. The predicted octanol–water partition coefficient (Wildman–Crippen LogP) is 4.53. The fourth-order valence-corrected chi connectivity index (χ4v) is 7.33. The number of esters is 1. The van der Waals surface area contributed by atoms with Crippen molar-refractivity contribution in [3.8, 4) is 0 Å². The minimum atomic E-state index is -0.129. The van der Waals surface area contributed by atoms with Gasteiger partial charge >= 0.3 is 5.97 Å². The smallest absolute Gasteiger partial charge is 0.302 e. The molecule has 3 nitrogen and oxygen atoms in total. The Morgan fingerprint density at radius 1 is 1.04 bits per heavy atom. The van der Waals surface area contributed by atoms with Gasteiger partial charge in [0.05, 0.1) is 0 Å². The molecule has 0 spiro atoms. The first-order chi connectivity index (χ1) is 11.3. The Bertz CT molecular complexity index is 555. The van der Waals surface area contributed by atoms with Gasteiger partial charge in [-0.15, -0.1) is 0 Å². The molecule has 0 aliphatic heterocycles. The summed E-state index contributed by atoms with van der Waals surface area (Å²) in [6.45, 7) is 6.30. The van der Waals surface area contributed by atoms with Crippen LogP contribution in [-0.4, -0.2) is 17.9 Å². The second-order valence-corrected chi connectivity index (χ2v) is 9.58. The van der Waals surface area contributed by atoms with Gasteiger partial charge in [0, 0.05) is 18.8 Å². The number of ketones is 1. The number of carbonyl (C=O) groups excluding carboxylic acids is 2. The average molecular weight is 332 g/mol. The molecule has 0 unspecified atom stereocenters. The third-order valence-corrected chi connectivity index (χ3v) is 8.66. The van der Waals surface area contributed by atoms with Crippen LogP contribution >= 0.6 is 0 Å². The Morgan fingerprint density at radius 3 is 2.58 bits per heavy atom. The zero-order chi connectivity index (χ0) is 17.1. The predicted molar refractivity (Wildman–Crippen MR) is 92.3 cm³/mol. The van der Waals surface area contributed by atoms with Crippen molar-refractivity contribution in [2.45, 2.75) is 84.7 Å². The van der Waals surface area contributed by atoms with Crippen LogP contribution in [0.1, 0.15) is 78.6 Å². The van der Waals surface area contributed by atoms with Crippen LogP contribution in [0.25, 0.3) is 0 Å². The Hall–Kier alpha value is -0.860. The molecule has 4 aliphatic rings. The van der Waals surface area contributed by atoms with E-state index < -0.39 is 0 Å². The fourth-order valence-electron chi connectivity index (χ4n) is 7.33. The summed E-state index contributed by atoms with van der Waals surface area (Å²) < 4.78 is 5.54. The van der Waals surface area contributed by atoms with E-state index in [2.05, 4.69) is 13.8 Å². The maximum absolute atomic E-state index is 12.5. The molecule has 0 heterocycles. The van der Waals surface area contributed by atoms with Crippen LogP contribution in [0.5, 0.6) is 0 Å². The molecule has 0 amide bonds. The molecule has 134 valence electrons. The molecular weight excluding hydrogens is 300 g/mol. The van der Waals surface area contributed by atoms with Crippen LogP contribution in [-0.2, 0) is 14.3 Å². The van der Waals surface area contributed by atoms with Crippen molar-refractivity contribution in [3.05, 3.63) is 0 Å². The Balaban J connectivity index is 1.54. The van der Waals surface area contributed by atoms with Crippen molar-refractivity contribution in [1.29, 1.82) is 0 Å². The number of carbonyl (C=O) groups is 2. The molecule has 24 heavy (non-hydrogen) atoms. The first kappa shape index (κ1) is 16.6. The lowest BCUT2D eigenvalue weighted by atomic mass is 9.45. The molecule has 4 saturated carbocycles. The van der Waals surface area contributed by atoms with Gasteiger partial charge in [0.25, 0.3) is 0 Å². The van der Waals surface area contributed by atoms with Gasteiger partial charge in [0.15, 0.2) is 0 Å². The summed E-state index contributed by atoms with van der Waals surface area (Å²) in [6, 6.07) is 0. The van der Waals surface area contributed by atoms with Crippen LogP contribution in [0.15, 0.2) is 0 Å². The quantitative estimate of drug-likeness (QED) is 0.663. The van der Waals surface area contributed by atoms with E-state index in [0.717, 1.165) is 43.9 Å². The molecule has 4 aliphatic carbocycles. The molecule has 0 aromatic rings. The van der Waals surface area contributed by atoms with E-state index >= 15 is 0 Å². The van der Waals surface area contributed by atoms with Crippen molar-refractivity contribution >= 4 is 11.8 Å². The van der Waals surface area contributed by atoms with E-state index in [1.165, 1.54) is 32.6 Å². The Labute approximate surface area is 145 Å². The molecular formula is C21H32O3. The SMILES string of the molecule is CC(=O)O[C@H]1CC[C@@]2(C)[C@@H](CC[C@@H]3[C@H]4CCC(=O)[C@@]4(C)CC[C@@H]32)C1. The van der Waals surface area contributed by atoms with Gasteiger partial charge in [0.2, 0.25) is 0 Å². The highest BCUT2D eigenvalue weighted by Crippen LogP contribution is 2.65. The van der Waals surface area contributed by atoms with E-state index in [0.29, 0.717) is 23.0 Å². The van der Waals surface area contributed by atoms with Crippen molar-refractivity contribution in [3.63, 3.8) is 0 Å². The van der Waals surface area contributed by atoms with Crippen LogP contribution < -0.4 is 0 Å². The molecule has 0 radical (unpaired) electrons. The Morgan fingerprint density at radius 2 is 1.83 bits per heavy atom. The summed E-state index contributed by atoms with van der Waals surface area (Å²) in [6.07, 6.45) is 10.2. The highest BCUT2D eigenvalue weighted by Gasteiger charge is 2.60. The largest absolute Gasteiger partial charge is 0.463 e.